The Bertz CT molecular complexity index is 436. The van der Waals surface area contributed by atoms with Crippen molar-refractivity contribution >= 4 is 27.3 Å². The van der Waals surface area contributed by atoms with Gasteiger partial charge in [0.15, 0.2) is 0 Å². The van der Waals surface area contributed by atoms with Gasteiger partial charge in [-0.2, -0.15) is 0 Å². The molecule has 1 N–H and O–H groups in total. The predicted octanol–water partition coefficient (Wildman–Crippen LogP) is 0.0698. The summed E-state index contributed by atoms with van der Waals surface area (Å²) in [5.74, 6) is -0.558. The first kappa shape index (κ1) is 11.1. The maximum Gasteiger partial charge on any atom is 0.239 e. The molecule has 0 aliphatic heterocycles. The predicted molar refractivity (Wildman–Crippen MR) is 53.5 cm³/mol. The van der Waals surface area contributed by atoms with E-state index >= 15 is 0 Å². The normalized spacial score (nSPS) is 11.3. The molecule has 78 valence electrons. The zero-order chi connectivity index (χ0) is 10.8. The molecule has 1 amide bonds. The monoisotopic (exact) mass is 234 g/mol. The smallest absolute Gasteiger partial charge is 0.239 e. The summed E-state index contributed by atoms with van der Waals surface area (Å²) in [5.41, 5.74) is 0.591. The minimum Gasteiger partial charge on any atom is -0.274 e. The number of aromatic nitrogens is 1. The van der Waals surface area contributed by atoms with E-state index in [0.717, 1.165) is 11.3 Å². The van der Waals surface area contributed by atoms with Crippen molar-refractivity contribution in [2.75, 3.05) is 6.26 Å². The second-order valence-electron chi connectivity index (χ2n) is 2.83. The van der Waals surface area contributed by atoms with Gasteiger partial charge in [0.1, 0.15) is 0 Å². The number of aryl methyl sites for hydroxylation is 1. The Morgan fingerprint density at radius 2 is 2.29 bits per heavy atom. The van der Waals surface area contributed by atoms with Gasteiger partial charge in [-0.25, -0.2) is 13.4 Å². The summed E-state index contributed by atoms with van der Waals surface area (Å²) in [6, 6.07) is 0. The van der Waals surface area contributed by atoms with Crippen LogP contribution in [0.15, 0.2) is 5.38 Å². The first-order valence-corrected chi connectivity index (χ1v) is 6.55. The standard InChI is InChI=1S/C7H10N2O3S2/c1-5-8-6(4-13-5)3-7(10)9-14(2,11)12/h4H,3H2,1-2H3,(H,9,10). The molecule has 0 atom stereocenters. The molecular weight excluding hydrogens is 224 g/mol. The average molecular weight is 234 g/mol. The molecule has 1 rings (SSSR count). The van der Waals surface area contributed by atoms with Crippen molar-refractivity contribution in [3.63, 3.8) is 0 Å². The minimum atomic E-state index is -3.46. The Morgan fingerprint density at radius 3 is 2.71 bits per heavy atom. The summed E-state index contributed by atoms with van der Waals surface area (Å²) in [6.45, 7) is 1.82. The quantitative estimate of drug-likeness (QED) is 0.803. The topological polar surface area (TPSA) is 76.1 Å². The molecule has 1 aromatic rings. The van der Waals surface area contributed by atoms with Crippen LogP contribution in [0.3, 0.4) is 0 Å². The number of carbonyl (C=O) groups is 1. The van der Waals surface area contributed by atoms with Gasteiger partial charge in [0.25, 0.3) is 0 Å². The summed E-state index contributed by atoms with van der Waals surface area (Å²) in [4.78, 5) is 15.2. The third kappa shape index (κ3) is 3.84. The number of amides is 1. The van der Waals surface area contributed by atoms with Crippen LogP contribution in [-0.4, -0.2) is 25.6 Å². The number of sulfonamides is 1. The molecule has 0 radical (unpaired) electrons. The van der Waals surface area contributed by atoms with Gasteiger partial charge in [-0.1, -0.05) is 0 Å². The van der Waals surface area contributed by atoms with Crippen molar-refractivity contribution < 1.29 is 13.2 Å². The van der Waals surface area contributed by atoms with E-state index in [2.05, 4.69) is 4.98 Å². The van der Waals surface area contributed by atoms with Gasteiger partial charge >= 0.3 is 0 Å². The Morgan fingerprint density at radius 1 is 1.64 bits per heavy atom. The maximum absolute atomic E-state index is 11.1. The van der Waals surface area contributed by atoms with Gasteiger partial charge in [-0.15, -0.1) is 11.3 Å². The second-order valence-corrected chi connectivity index (χ2v) is 5.64. The van der Waals surface area contributed by atoms with Gasteiger partial charge < -0.3 is 0 Å². The number of carbonyl (C=O) groups excluding carboxylic acids is 1. The van der Waals surface area contributed by atoms with Crippen molar-refractivity contribution in [2.45, 2.75) is 13.3 Å². The first-order chi connectivity index (χ1) is 6.37. The molecule has 0 aromatic carbocycles. The molecule has 0 saturated heterocycles. The van der Waals surface area contributed by atoms with E-state index in [1.807, 2.05) is 11.6 Å². The van der Waals surface area contributed by atoms with E-state index in [4.69, 9.17) is 0 Å². The number of thiazole rings is 1. The summed E-state index contributed by atoms with van der Waals surface area (Å²) in [6.07, 6.45) is 0.939. The van der Waals surface area contributed by atoms with E-state index < -0.39 is 15.9 Å². The van der Waals surface area contributed by atoms with Gasteiger partial charge in [0.05, 0.1) is 23.4 Å². The van der Waals surface area contributed by atoms with E-state index in [-0.39, 0.29) is 6.42 Å². The number of rotatable bonds is 3. The highest BCUT2D eigenvalue weighted by atomic mass is 32.2. The summed E-state index contributed by atoms with van der Waals surface area (Å²) >= 11 is 1.42. The van der Waals surface area contributed by atoms with Gasteiger partial charge in [0, 0.05) is 5.38 Å². The Kier molecular flexibility index (Phi) is 3.22. The molecule has 0 aliphatic carbocycles. The van der Waals surface area contributed by atoms with E-state index in [0.29, 0.717) is 5.69 Å². The van der Waals surface area contributed by atoms with Crippen LogP contribution in [0.1, 0.15) is 10.7 Å². The number of hydrogen-bond donors (Lipinski definition) is 1. The van der Waals surface area contributed by atoms with Crippen molar-refractivity contribution in [1.82, 2.24) is 9.71 Å². The van der Waals surface area contributed by atoms with E-state index in [1.165, 1.54) is 11.3 Å². The third-order valence-electron chi connectivity index (χ3n) is 1.31. The molecule has 0 spiro atoms. The number of hydrogen-bond acceptors (Lipinski definition) is 5. The van der Waals surface area contributed by atoms with E-state index in [1.54, 1.807) is 5.38 Å². The molecule has 14 heavy (non-hydrogen) atoms. The number of nitrogens with zero attached hydrogens (tertiary/aromatic N) is 1. The molecule has 0 aliphatic rings. The molecular formula is C7H10N2O3S2. The fourth-order valence-electron chi connectivity index (χ4n) is 0.897. The van der Waals surface area contributed by atoms with Crippen molar-refractivity contribution in [3.8, 4) is 0 Å². The molecule has 1 heterocycles. The molecule has 5 nitrogen and oxygen atoms in total. The largest absolute Gasteiger partial charge is 0.274 e. The van der Waals surface area contributed by atoms with Crippen LogP contribution in [0, 0.1) is 6.92 Å². The Hall–Kier alpha value is -0.950. The van der Waals surface area contributed by atoms with Crippen LogP contribution in [0.5, 0.6) is 0 Å². The lowest BCUT2D eigenvalue weighted by atomic mass is 10.3. The minimum absolute atomic E-state index is 0.00257. The van der Waals surface area contributed by atoms with Crippen LogP contribution in [0.2, 0.25) is 0 Å². The summed E-state index contributed by atoms with van der Waals surface area (Å²) in [5, 5.41) is 2.59. The average Bonchev–Trinajstić information content (AvgIpc) is 2.30. The zero-order valence-electron chi connectivity index (χ0n) is 7.77. The Labute approximate surface area is 86.2 Å². The fourth-order valence-corrected chi connectivity index (χ4v) is 2.00. The molecule has 0 fully saturated rings. The van der Waals surface area contributed by atoms with Crippen LogP contribution >= 0.6 is 11.3 Å². The fraction of sp³-hybridized carbons (Fsp3) is 0.429. The summed E-state index contributed by atoms with van der Waals surface area (Å²) in [7, 11) is -3.46. The van der Waals surface area contributed by atoms with Crippen LogP contribution < -0.4 is 4.72 Å². The zero-order valence-corrected chi connectivity index (χ0v) is 9.41. The van der Waals surface area contributed by atoms with Crippen molar-refractivity contribution in [3.05, 3.63) is 16.1 Å². The molecule has 0 bridgehead atoms. The van der Waals surface area contributed by atoms with E-state index in [9.17, 15) is 13.2 Å². The lowest BCUT2D eigenvalue weighted by molar-refractivity contribution is -0.118. The maximum atomic E-state index is 11.1. The van der Waals surface area contributed by atoms with Crippen molar-refractivity contribution in [2.24, 2.45) is 0 Å². The van der Waals surface area contributed by atoms with Crippen LogP contribution in [0.25, 0.3) is 0 Å². The molecule has 7 heteroatoms. The summed E-state index contributed by atoms with van der Waals surface area (Å²) < 4.78 is 23.2. The van der Waals surface area contributed by atoms with Crippen LogP contribution in [-0.2, 0) is 21.2 Å². The first-order valence-electron chi connectivity index (χ1n) is 3.78. The van der Waals surface area contributed by atoms with Gasteiger partial charge in [-0.05, 0) is 6.92 Å². The lowest BCUT2D eigenvalue weighted by Gasteiger charge is -1.99. The molecule has 1 aromatic heterocycles. The van der Waals surface area contributed by atoms with Crippen LogP contribution in [0.4, 0.5) is 0 Å². The highest BCUT2D eigenvalue weighted by Gasteiger charge is 2.10. The molecule has 0 unspecified atom stereocenters. The third-order valence-corrected chi connectivity index (χ3v) is 2.73. The highest BCUT2D eigenvalue weighted by molar-refractivity contribution is 7.89. The number of nitrogens with one attached hydrogen (secondary N) is 1. The Balaban J connectivity index is 2.58. The van der Waals surface area contributed by atoms with Gasteiger partial charge in [0.2, 0.25) is 15.9 Å². The lowest BCUT2D eigenvalue weighted by Crippen LogP contribution is -2.30. The van der Waals surface area contributed by atoms with Crippen molar-refractivity contribution in [1.29, 1.82) is 0 Å². The molecule has 0 saturated carbocycles. The highest BCUT2D eigenvalue weighted by Crippen LogP contribution is 2.08. The SMILES string of the molecule is Cc1nc(CC(=O)NS(C)(=O)=O)cs1. The second kappa shape index (κ2) is 4.05. The van der Waals surface area contributed by atoms with Gasteiger partial charge in [-0.3, -0.25) is 9.52 Å².